The number of allylic oxidation sites excluding steroid dienone is 2. The number of aliphatic carboxylic acids is 2. The van der Waals surface area contributed by atoms with Crippen LogP contribution >= 0.6 is 0 Å². The maximum atomic E-state index is 12.4. The summed E-state index contributed by atoms with van der Waals surface area (Å²) in [6.07, 6.45) is 5.01. The first-order valence-corrected chi connectivity index (χ1v) is 10.3. The molecule has 0 bridgehead atoms. The summed E-state index contributed by atoms with van der Waals surface area (Å²) in [5.41, 5.74) is 0.290. The molecule has 0 spiro atoms. The Balaban J connectivity index is 1.98. The number of rotatable bonds is 10. The second kappa shape index (κ2) is 9.50. The molecule has 6 nitrogen and oxygen atoms in total. The van der Waals surface area contributed by atoms with Crippen molar-refractivity contribution in [3.8, 4) is 5.75 Å². The molecule has 0 aliphatic heterocycles. The average molecular weight is 404 g/mol. The van der Waals surface area contributed by atoms with Gasteiger partial charge in [0.25, 0.3) is 0 Å². The molecular formula is C21H24O6S. The van der Waals surface area contributed by atoms with E-state index < -0.39 is 28.2 Å². The Hall–Kier alpha value is -2.67. The van der Waals surface area contributed by atoms with E-state index in [1.807, 2.05) is 12.1 Å². The molecule has 0 saturated carbocycles. The standard InChI is InChI=1S/C21H24O6S/c1-3-9-27-18-6-4-15(5-7-18)14-28(26)10-8-16-11-17(19(22)23)13-21(2,12-16)20(24)25/h3-7,11-12H,1,8-10,13-14H2,2H3,(H,22,23)(H,24,25). The molecule has 2 atom stereocenters. The van der Waals surface area contributed by atoms with Crippen LogP contribution in [-0.2, 0) is 26.1 Å². The fraction of sp³-hybridized carbons (Fsp3) is 0.333. The van der Waals surface area contributed by atoms with Gasteiger partial charge in [0.2, 0.25) is 0 Å². The van der Waals surface area contributed by atoms with Crippen LogP contribution in [0, 0.1) is 5.41 Å². The van der Waals surface area contributed by atoms with E-state index in [1.54, 1.807) is 24.3 Å². The number of ether oxygens (including phenoxy) is 1. The highest BCUT2D eigenvalue weighted by Crippen LogP contribution is 2.35. The van der Waals surface area contributed by atoms with Gasteiger partial charge in [0.1, 0.15) is 12.4 Å². The van der Waals surface area contributed by atoms with E-state index in [4.69, 9.17) is 4.74 Å². The van der Waals surface area contributed by atoms with Crippen LogP contribution in [0.3, 0.4) is 0 Å². The van der Waals surface area contributed by atoms with E-state index >= 15 is 0 Å². The van der Waals surface area contributed by atoms with Gasteiger partial charge in [0.05, 0.1) is 5.41 Å². The van der Waals surface area contributed by atoms with Gasteiger partial charge in [-0.2, -0.15) is 0 Å². The first kappa shape index (κ1) is 21.6. The Morgan fingerprint density at radius 3 is 2.54 bits per heavy atom. The summed E-state index contributed by atoms with van der Waals surface area (Å²) in [6.45, 7) is 5.50. The molecule has 28 heavy (non-hydrogen) atoms. The zero-order chi connectivity index (χ0) is 20.7. The number of hydrogen-bond acceptors (Lipinski definition) is 4. The first-order valence-electron chi connectivity index (χ1n) is 8.80. The van der Waals surface area contributed by atoms with Crippen LogP contribution in [-0.4, -0.2) is 38.7 Å². The predicted molar refractivity (Wildman–Crippen MR) is 108 cm³/mol. The van der Waals surface area contributed by atoms with E-state index in [9.17, 15) is 24.0 Å². The molecule has 2 N–H and O–H groups in total. The fourth-order valence-corrected chi connectivity index (χ4v) is 4.09. The topological polar surface area (TPSA) is 101 Å². The van der Waals surface area contributed by atoms with Gasteiger partial charge in [-0.05, 0) is 49.1 Å². The first-order chi connectivity index (χ1) is 13.2. The summed E-state index contributed by atoms with van der Waals surface area (Å²) in [6, 6.07) is 7.31. The van der Waals surface area contributed by atoms with Gasteiger partial charge >= 0.3 is 11.9 Å². The molecule has 2 rings (SSSR count). The maximum absolute atomic E-state index is 12.4. The minimum absolute atomic E-state index is 0.0586. The summed E-state index contributed by atoms with van der Waals surface area (Å²) < 4.78 is 17.8. The second-order valence-electron chi connectivity index (χ2n) is 6.88. The molecule has 2 unspecified atom stereocenters. The van der Waals surface area contributed by atoms with Crippen molar-refractivity contribution in [1.82, 2.24) is 0 Å². The van der Waals surface area contributed by atoms with Crippen molar-refractivity contribution in [3.63, 3.8) is 0 Å². The lowest BCUT2D eigenvalue weighted by Crippen LogP contribution is -2.30. The summed E-state index contributed by atoms with van der Waals surface area (Å²) in [5, 5.41) is 18.7. The molecule has 0 heterocycles. The third-order valence-corrected chi connectivity index (χ3v) is 5.74. The number of carbonyl (C=O) groups is 2. The van der Waals surface area contributed by atoms with Crippen molar-refractivity contribution in [2.75, 3.05) is 12.4 Å². The van der Waals surface area contributed by atoms with E-state index in [-0.39, 0.29) is 12.0 Å². The number of benzene rings is 1. The van der Waals surface area contributed by atoms with Crippen molar-refractivity contribution in [2.24, 2.45) is 5.41 Å². The third kappa shape index (κ3) is 5.92. The molecular weight excluding hydrogens is 380 g/mol. The van der Waals surface area contributed by atoms with Crippen molar-refractivity contribution in [2.45, 2.75) is 25.5 Å². The van der Waals surface area contributed by atoms with Gasteiger partial charge in [0, 0.05) is 27.9 Å². The summed E-state index contributed by atoms with van der Waals surface area (Å²) in [4.78, 5) is 22.8. The molecule has 1 aromatic carbocycles. The fourth-order valence-electron chi connectivity index (χ4n) is 2.92. The van der Waals surface area contributed by atoms with Crippen LogP contribution in [0.1, 0.15) is 25.3 Å². The minimum atomic E-state index is -1.26. The molecule has 150 valence electrons. The molecule has 1 aliphatic rings. The molecule has 7 heteroatoms. The van der Waals surface area contributed by atoms with Crippen LogP contribution in [0.5, 0.6) is 5.75 Å². The minimum Gasteiger partial charge on any atom is -0.490 e. The zero-order valence-corrected chi connectivity index (χ0v) is 16.5. The van der Waals surface area contributed by atoms with Crippen LogP contribution in [0.2, 0.25) is 0 Å². The highest BCUT2D eigenvalue weighted by molar-refractivity contribution is 7.84. The summed E-state index contributed by atoms with van der Waals surface area (Å²) >= 11 is 0. The van der Waals surface area contributed by atoms with Gasteiger partial charge in [0.15, 0.2) is 0 Å². The van der Waals surface area contributed by atoms with Crippen LogP contribution in [0.15, 0.2) is 60.2 Å². The van der Waals surface area contributed by atoms with Gasteiger partial charge < -0.3 is 14.9 Å². The molecule has 0 fully saturated rings. The van der Waals surface area contributed by atoms with Crippen molar-refractivity contribution < 1.29 is 28.7 Å². The van der Waals surface area contributed by atoms with E-state index in [1.165, 1.54) is 13.0 Å². The Morgan fingerprint density at radius 1 is 1.29 bits per heavy atom. The highest BCUT2D eigenvalue weighted by atomic mass is 32.2. The highest BCUT2D eigenvalue weighted by Gasteiger charge is 2.36. The van der Waals surface area contributed by atoms with Crippen LogP contribution in [0.4, 0.5) is 0 Å². The van der Waals surface area contributed by atoms with E-state index in [0.717, 1.165) is 5.56 Å². The number of carboxylic acid groups (broad SMARTS) is 2. The van der Waals surface area contributed by atoms with Crippen molar-refractivity contribution in [1.29, 1.82) is 0 Å². The third-order valence-electron chi connectivity index (χ3n) is 4.42. The lowest BCUT2D eigenvalue weighted by molar-refractivity contribution is -0.145. The normalized spacial score (nSPS) is 19.9. The van der Waals surface area contributed by atoms with E-state index in [0.29, 0.717) is 35.9 Å². The van der Waals surface area contributed by atoms with Crippen molar-refractivity contribution in [3.05, 3.63) is 65.8 Å². The monoisotopic (exact) mass is 404 g/mol. The predicted octanol–water partition coefficient (Wildman–Crippen LogP) is 3.32. The Morgan fingerprint density at radius 2 is 1.96 bits per heavy atom. The Labute approximate surface area is 166 Å². The molecule has 0 radical (unpaired) electrons. The summed E-state index contributed by atoms with van der Waals surface area (Å²) in [5.74, 6) is -0.809. The largest absolute Gasteiger partial charge is 0.490 e. The zero-order valence-electron chi connectivity index (χ0n) is 15.7. The number of carboxylic acids is 2. The van der Waals surface area contributed by atoms with Gasteiger partial charge in [-0.3, -0.25) is 9.00 Å². The molecule has 0 aromatic heterocycles. The summed E-state index contributed by atoms with van der Waals surface area (Å²) in [7, 11) is -1.16. The lowest BCUT2D eigenvalue weighted by atomic mass is 9.77. The molecule has 0 amide bonds. The van der Waals surface area contributed by atoms with Crippen LogP contribution in [0.25, 0.3) is 0 Å². The SMILES string of the molecule is C=CCOc1ccc(CS(=O)CCC2=CC(C)(C(=O)O)CC(C(=O)O)=C2)cc1. The molecule has 1 aromatic rings. The number of hydrogen-bond donors (Lipinski definition) is 2. The van der Waals surface area contributed by atoms with Gasteiger partial charge in [-0.25, -0.2) is 4.79 Å². The van der Waals surface area contributed by atoms with Crippen LogP contribution < -0.4 is 4.74 Å². The Bertz CT molecular complexity index is 837. The van der Waals surface area contributed by atoms with E-state index in [2.05, 4.69) is 6.58 Å². The lowest BCUT2D eigenvalue weighted by Gasteiger charge is -2.26. The molecule has 1 aliphatic carbocycles. The smallest absolute Gasteiger partial charge is 0.331 e. The quantitative estimate of drug-likeness (QED) is 0.580. The second-order valence-corrected chi connectivity index (χ2v) is 8.45. The van der Waals surface area contributed by atoms with Gasteiger partial charge in [-0.15, -0.1) is 0 Å². The van der Waals surface area contributed by atoms with Crippen molar-refractivity contribution >= 4 is 22.7 Å². The Kier molecular flexibility index (Phi) is 7.34. The average Bonchev–Trinajstić information content (AvgIpc) is 2.65. The van der Waals surface area contributed by atoms with Gasteiger partial charge in [-0.1, -0.05) is 30.9 Å². The maximum Gasteiger partial charge on any atom is 0.331 e. The molecule has 0 saturated heterocycles.